The number of fused-ring (bicyclic) bond motifs is 2. The van der Waals surface area contributed by atoms with Crippen molar-refractivity contribution < 1.29 is 37.4 Å². The van der Waals surface area contributed by atoms with Gasteiger partial charge in [-0.1, -0.05) is 24.3 Å². The van der Waals surface area contributed by atoms with Crippen molar-refractivity contribution in [2.24, 2.45) is 0 Å². The van der Waals surface area contributed by atoms with Gasteiger partial charge in [0.2, 0.25) is 0 Å². The lowest BCUT2D eigenvalue weighted by Gasteiger charge is -2.44. The monoisotopic (exact) mass is 889 g/mol. The second-order valence-electron chi connectivity index (χ2n) is 17.4. The average Bonchev–Trinajstić information content (AvgIpc) is 3.95. The summed E-state index contributed by atoms with van der Waals surface area (Å²) in [4.78, 5) is 67.9. The summed E-state index contributed by atoms with van der Waals surface area (Å²) in [6, 6.07) is 22.4. The van der Waals surface area contributed by atoms with Gasteiger partial charge in [-0.05, 0) is 81.3 Å². The highest BCUT2D eigenvalue weighted by Crippen LogP contribution is 2.32. The number of halogens is 2. The van der Waals surface area contributed by atoms with E-state index in [1.54, 1.807) is 31.4 Å². The number of ether oxygens (including phenoxy) is 2. The van der Waals surface area contributed by atoms with Crippen LogP contribution in [0.1, 0.15) is 69.9 Å². The van der Waals surface area contributed by atoms with Crippen molar-refractivity contribution >= 4 is 45.3 Å². The number of rotatable bonds is 10. The van der Waals surface area contributed by atoms with Gasteiger partial charge in [-0.2, -0.15) is 0 Å². The van der Waals surface area contributed by atoms with Gasteiger partial charge in [0.25, 0.3) is 23.5 Å². The van der Waals surface area contributed by atoms with Crippen molar-refractivity contribution in [3.63, 3.8) is 0 Å². The molecule has 2 N–H and O–H groups in total. The van der Waals surface area contributed by atoms with Crippen LogP contribution in [-0.4, -0.2) is 137 Å². The van der Waals surface area contributed by atoms with Crippen molar-refractivity contribution in [3.05, 3.63) is 131 Å². The van der Waals surface area contributed by atoms with Gasteiger partial charge >= 0.3 is 0 Å². The molecule has 4 atom stereocenters. The van der Waals surface area contributed by atoms with E-state index in [9.17, 15) is 28.0 Å². The van der Waals surface area contributed by atoms with Crippen LogP contribution in [0.4, 0.5) is 8.78 Å². The molecule has 0 spiro atoms. The Hall–Kier alpha value is -6.58. The summed E-state index contributed by atoms with van der Waals surface area (Å²) in [5, 5.41) is 1.49. The molecular weight excluding hydrogens is 833 g/mol. The van der Waals surface area contributed by atoms with Gasteiger partial charge in [0, 0.05) is 124 Å². The predicted molar refractivity (Wildman–Crippen MR) is 246 cm³/mol. The minimum atomic E-state index is -0.647. The first kappa shape index (κ1) is 46.4. The number of ketones is 1. The number of carbonyl (C=O) groups excluding carboxylic acids is 4. The SMILES string of the molecule is COc1cc2[nH]cc(C(=O)C(=O)N(C)C)c2cc1C(=O)N1C[C@H](C)N(Cc2ccc(F)cc2)C[C@H]1C.COc1cc2[nH]ccc2cc1C(=O)N1C[C@H](C)N(Cc2ccc(F)cc2)C[C@H]1C. The molecule has 0 saturated carbocycles. The maximum absolute atomic E-state index is 13.7. The first-order chi connectivity index (χ1) is 31.1. The number of Topliss-reactive ketones (excluding diaryl/α,β-unsaturated/α-hetero) is 1. The maximum Gasteiger partial charge on any atom is 0.294 e. The molecule has 4 heterocycles. The minimum Gasteiger partial charge on any atom is -0.496 e. The van der Waals surface area contributed by atoms with Crippen LogP contribution in [0.2, 0.25) is 0 Å². The molecule has 6 aromatic rings. The van der Waals surface area contributed by atoms with E-state index in [1.807, 2.05) is 53.3 Å². The van der Waals surface area contributed by atoms with Crippen molar-refractivity contribution in [2.75, 3.05) is 54.5 Å². The topological polar surface area (TPSA) is 135 Å². The largest absolute Gasteiger partial charge is 0.496 e. The molecule has 4 aromatic carbocycles. The van der Waals surface area contributed by atoms with Gasteiger partial charge in [-0.25, -0.2) is 8.78 Å². The molecule has 342 valence electrons. The molecule has 2 aliphatic heterocycles. The average molecular weight is 890 g/mol. The number of H-pyrrole nitrogens is 2. The molecule has 13 nitrogen and oxygen atoms in total. The summed E-state index contributed by atoms with van der Waals surface area (Å²) in [5.41, 5.74) is 4.77. The van der Waals surface area contributed by atoms with E-state index >= 15 is 0 Å². The smallest absolute Gasteiger partial charge is 0.294 e. The van der Waals surface area contributed by atoms with Crippen LogP contribution in [0.25, 0.3) is 21.8 Å². The molecule has 65 heavy (non-hydrogen) atoms. The number of nitrogens with zero attached hydrogens (tertiary/aromatic N) is 5. The lowest BCUT2D eigenvalue weighted by atomic mass is 10.0. The van der Waals surface area contributed by atoms with Gasteiger partial charge in [0.1, 0.15) is 23.1 Å². The van der Waals surface area contributed by atoms with Crippen LogP contribution in [0.3, 0.4) is 0 Å². The normalized spacial score (nSPS) is 19.2. The molecule has 2 aliphatic rings. The Balaban J connectivity index is 0.000000198. The summed E-state index contributed by atoms with van der Waals surface area (Å²) in [7, 11) is 6.12. The lowest BCUT2D eigenvalue weighted by Crippen LogP contribution is -2.57. The molecule has 2 saturated heterocycles. The van der Waals surface area contributed by atoms with Crippen LogP contribution in [0, 0.1) is 11.6 Å². The van der Waals surface area contributed by atoms with Crippen LogP contribution in [0.5, 0.6) is 11.5 Å². The number of carbonyl (C=O) groups is 4. The summed E-state index contributed by atoms with van der Waals surface area (Å²) >= 11 is 0. The van der Waals surface area contributed by atoms with E-state index in [0.717, 1.165) is 35.1 Å². The number of aromatic nitrogens is 2. The summed E-state index contributed by atoms with van der Waals surface area (Å²) < 4.78 is 37.5. The van der Waals surface area contributed by atoms with Gasteiger partial charge in [0.05, 0.1) is 30.9 Å². The van der Waals surface area contributed by atoms with Gasteiger partial charge in [-0.3, -0.25) is 29.0 Å². The van der Waals surface area contributed by atoms with Crippen LogP contribution in [-0.2, 0) is 17.9 Å². The first-order valence-corrected chi connectivity index (χ1v) is 21.8. The molecule has 0 radical (unpaired) electrons. The fourth-order valence-corrected chi connectivity index (χ4v) is 8.77. The van der Waals surface area contributed by atoms with Crippen molar-refractivity contribution in [1.29, 1.82) is 0 Å². The molecule has 0 aliphatic carbocycles. The Kier molecular flexibility index (Phi) is 14.0. The quantitative estimate of drug-likeness (QED) is 0.108. The number of methoxy groups -OCH3 is 2. The Morgan fingerprint density at radius 3 is 1.57 bits per heavy atom. The molecule has 15 heteroatoms. The third-order valence-corrected chi connectivity index (χ3v) is 12.5. The van der Waals surface area contributed by atoms with Crippen LogP contribution >= 0.6 is 0 Å². The number of likely N-dealkylation sites (N-methyl/N-ethyl adjacent to an activating group) is 1. The molecule has 0 bridgehead atoms. The highest BCUT2D eigenvalue weighted by atomic mass is 19.1. The highest BCUT2D eigenvalue weighted by molar-refractivity contribution is 6.44. The van der Waals surface area contributed by atoms with E-state index in [1.165, 1.54) is 56.6 Å². The number of aromatic amines is 2. The Morgan fingerprint density at radius 2 is 1.09 bits per heavy atom. The molecule has 3 amide bonds. The van der Waals surface area contributed by atoms with E-state index in [4.69, 9.17) is 9.47 Å². The Labute approximate surface area is 377 Å². The van der Waals surface area contributed by atoms with Crippen molar-refractivity contribution in [2.45, 2.75) is 65.0 Å². The fraction of sp³-hybridized carbons (Fsp3) is 0.360. The number of benzene rings is 4. The number of hydrogen-bond acceptors (Lipinski definition) is 8. The fourth-order valence-electron chi connectivity index (χ4n) is 8.77. The molecular formula is C50H57F2N7O6. The van der Waals surface area contributed by atoms with E-state index in [-0.39, 0.29) is 53.2 Å². The molecule has 2 fully saturated rings. The van der Waals surface area contributed by atoms with Gasteiger partial charge in [-0.15, -0.1) is 0 Å². The maximum atomic E-state index is 13.7. The predicted octanol–water partition coefficient (Wildman–Crippen LogP) is 7.37. The zero-order valence-corrected chi connectivity index (χ0v) is 38.2. The minimum absolute atomic E-state index is 0.00858. The number of amides is 3. The Morgan fingerprint density at radius 1 is 0.615 bits per heavy atom. The standard InChI is InChI=1S/C27H31FN4O4.C23H26FN3O2/c1-16-14-32(17(2)13-31(16)15-18-6-8-19(28)9-7-18)26(34)21-10-20-22(25(33)27(35)30(3)4)12-29-23(20)11-24(21)36-5;1-15-13-27(16(2)12-26(15)14-17-4-6-19(24)7-5-17)23(28)20-10-18-8-9-25-21(18)11-22(20)29-3/h6-12,16-17,29H,13-15H2,1-5H3;4-11,15-16,25H,12-14H2,1-3H3/t16-,17+;15-,16+/m00/s1. The molecule has 0 unspecified atom stereocenters. The summed E-state index contributed by atoms with van der Waals surface area (Å²) in [5.74, 6) is -1.01. The van der Waals surface area contributed by atoms with Gasteiger partial charge < -0.3 is 34.1 Å². The summed E-state index contributed by atoms with van der Waals surface area (Å²) in [6.07, 6.45) is 3.35. The van der Waals surface area contributed by atoms with E-state index < -0.39 is 11.7 Å². The zero-order valence-electron chi connectivity index (χ0n) is 38.2. The third-order valence-electron chi connectivity index (χ3n) is 12.5. The van der Waals surface area contributed by atoms with Crippen LogP contribution < -0.4 is 9.47 Å². The van der Waals surface area contributed by atoms with Gasteiger partial charge in [0.15, 0.2) is 0 Å². The first-order valence-electron chi connectivity index (χ1n) is 21.8. The van der Waals surface area contributed by atoms with Crippen molar-refractivity contribution in [1.82, 2.24) is 34.5 Å². The summed E-state index contributed by atoms with van der Waals surface area (Å²) in [6.45, 7) is 12.2. The molecule has 2 aromatic heterocycles. The van der Waals surface area contributed by atoms with E-state index in [0.29, 0.717) is 59.7 Å². The number of nitrogens with one attached hydrogen (secondary N) is 2. The lowest BCUT2D eigenvalue weighted by molar-refractivity contribution is -0.124. The van der Waals surface area contributed by atoms with Crippen molar-refractivity contribution in [3.8, 4) is 11.5 Å². The highest BCUT2D eigenvalue weighted by Gasteiger charge is 2.35. The third kappa shape index (κ3) is 10.1. The molecule has 8 rings (SSSR count). The number of piperazine rings is 2. The Bertz CT molecular complexity index is 2680. The number of hydrogen-bond donors (Lipinski definition) is 2. The second-order valence-corrected chi connectivity index (χ2v) is 17.4. The zero-order chi connectivity index (χ0) is 46.7. The second kappa shape index (κ2) is 19.7. The van der Waals surface area contributed by atoms with E-state index in [2.05, 4.69) is 40.5 Å². The van der Waals surface area contributed by atoms with Crippen LogP contribution in [0.15, 0.2) is 91.3 Å².